The Morgan fingerprint density at radius 1 is 1.32 bits per heavy atom. The van der Waals surface area contributed by atoms with E-state index in [1.54, 1.807) is 11.9 Å². The molecule has 2 aliphatic heterocycles. The predicted octanol–water partition coefficient (Wildman–Crippen LogP) is 2.97. The van der Waals surface area contributed by atoms with Crippen LogP contribution in [-0.2, 0) is 11.2 Å². The van der Waals surface area contributed by atoms with E-state index in [1.807, 2.05) is 0 Å². The molecule has 0 spiro atoms. The number of likely N-dealkylation sites (tertiary alicyclic amines) is 1. The van der Waals surface area contributed by atoms with Crippen molar-refractivity contribution in [2.75, 3.05) is 33.2 Å². The van der Waals surface area contributed by atoms with Crippen LogP contribution in [0.25, 0.3) is 10.9 Å². The number of carbonyl (C=O) groups excluding carboxylic acids is 1. The Bertz CT molecular complexity index is 938. The Hall–Kier alpha value is -1.92. The van der Waals surface area contributed by atoms with Gasteiger partial charge in [-0.1, -0.05) is 19.1 Å². The number of thiocarbonyl (C=S) groups is 1. The standard InChI is InChI=1S/C22H28N4OS/c1-3-7-25-11-14(12-26-13-20(27)24(2)22(26)28)8-17-16-5-4-6-18-21(16)15(10-23-18)9-19(17)25/h4-6,10,14,17,19,23H,3,7-9,11-13H2,1-2H3/t14-,17?,19-/m1/s1. The Kier molecular flexibility index (Phi) is 4.43. The second-order valence-electron chi connectivity index (χ2n) is 8.67. The van der Waals surface area contributed by atoms with E-state index < -0.39 is 0 Å². The molecule has 148 valence electrons. The van der Waals surface area contributed by atoms with Crippen LogP contribution < -0.4 is 0 Å². The zero-order valence-corrected chi connectivity index (χ0v) is 17.5. The van der Waals surface area contributed by atoms with E-state index in [-0.39, 0.29) is 5.91 Å². The molecule has 1 aliphatic carbocycles. The number of benzene rings is 1. The van der Waals surface area contributed by atoms with Crippen LogP contribution in [0.2, 0.25) is 0 Å². The summed E-state index contributed by atoms with van der Waals surface area (Å²) in [6, 6.07) is 7.30. The minimum Gasteiger partial charge on any atom is -0.361 e. The van der Waals surface area contributed by atoms with Crippen molar-refractivity contribution >= 4 is 34.1 Å². The van der Waals surface area contributed by atoms with Crippen molar-refractivity contribution in [1.82, 2.24) is 19.7 Å². The molecule has 1 N–H and O–H groups in total. The molecule has 2 saturated heterocycles. The zero-order chi connectivity index (χ0) is 19.4. The van der Waals surface area contributed by atoms with Gasteiger partial charge in [0.15, 0.2) is 5.11 Å². The first-order valence-corrected chi connectivity index (χ1v) is 10.9. The molecule has 5 rings (SSSR count). The number of nitrogens with one attached hydrogen (secondary N) is 1. The maximum Gasteiger partial charge on any atom is 0.248 e. The lowest BCUT2D eigenvalue weighted by atomic mass is 9.72. The summed E-state index contributed by atoms with van der Waals surface area (Å²) in [5, 5.41) is 2.14. The van der Waals surface area contributed by atoms with Crippen LogP contribution in [0.5, 0.6) is 0 Å². The highest BCUT2D eigenvalue weighted by molar-refractivity contribution is 7.80. The Balaban J connectivity index is 1.45. The fourth-order valence-corrected chi connectivity index (χ4v) is 5.93. The van der Waals surface area contributed by atoms with Gasteiger partial charge in [-0.15, -0.1) is 0 Å². The Morgan fingerprint density at radius 2 is 2.18 bits per heavy atom. The predicted molar refractivity (Wildman–Crippen MR) is 115 cm³/mol. The smallest absolute Gasteiger partial charge is 0.248 e. The Morgan fingerprint density at radius 3 is 2.93 bits per heavy atom. The summed E-state index contributed by atoms with van der Waals surface area (Å²) < 4.78 is 0. The molecular weight excluding hydrogens is 368 g/mol. The third-order valence-electron chi connectivity index (χ3n) is 6.91. The average Bonchev–Trinajstić information content (AvgIpc) is 3.21. The number of hydrogen-bond donors (Lipinski definition) is 1. The molecule has 1 amide bonds. The summed E-state index contributed by atoms with van der Waals surface area (Å²) in [5.41, 5.74) is 4.25. The van der Waals surface area contributed by atoms with Gasteiger partial charge >= 0.3 is 0 Å². The second-order valence-corrected chi connectivity index (χ2v) is 9.04. The number of piperidine rings is 1. The summed E-state index contributed by atoms with van der Waals surface area (Å²) in [4.78, 5) is 22.0. The van der Waals surface area contributed by atoms with Crippen molar-refractivity contribution < 1.29 is 4.79 Å². The van der Waals surface area contributed by atoms with Gasteiger partial charge in [-0.3, -0.25) is 14.6 Å². The topological polar surface area (TPSA) is 42.6 Å². The molecule has 1 unspecified atom stereocenters. The molecule has 1 aromatic carbocycles. The molecule has 0 bridgehead atoms. The third-order valence-corrected chi connectivity index (χ3v) is 7.44. The number of carbonyl (C=O) groups is 1. The maximum absolute atomic E-state index is 12.0. The highest BCUT2D eigenvalue weighted by Crippen LogP contribution is 2.45. The van der Waals surface area contributed by atoms with Gasteiger partial charge in [0.05, 0.1) is 6.54 Å². The van der Waals surface area contributed by atoms with Crippen LogP contribution in [0.1, 0.15) is 36.8 Å². The van der Waals surface area contributed by atoms with Crippen molar-refractivity contribution in [1.29, 1.82) is 0 Å². The highest BCUT2D eigenvalue weighted by Gasteiger charge is 2.42. The molecule has 0 radical (unpaired) electrons. The van der Waals surface area contributed by atoms with Crippen molar-refractivity contribution in [2.24, 2.45) is 5.92 Å². The van der Waals surface area contributed by atoms with Gasteiger partial charge in [0.2, 0.25) is 5.91 Å². The fourth-order valence-electron chi connectivity index (χ4n) is 5.69. The van der Waals surface area contributed by atoms with E-state index in [0.29, 0.717) is 29.5 Å². The molecule has 0 saturated carbocycles. The zero-order valence-electron chi connectivity index (χ0n) is 16.6. The number of likely N-dealkylation sites (N-methyl/N-ethyl adjacent to an activating group) is 1. The number of fused-ring (bicyclic) bond motifs is 2. The van der Waals surface area contributed by atoms with E-state index in [9.17, 15) is 4.79 Å². The number of H-pyrrole nitrogens is 1. The summed E-state index contributed by atoms with van der Waals surface area (Å²) in [5.74, 6) is 1.20. The van der Waals surface area contributed by atoms with Crippen LogP contribution in [0.3, 0.4) is 0 Å². The first-order valence-electron chi connectivity index (χ1n) is 10.4. The highest BCUT2D eigenvalue weighted by atomic mass is 32.1. The quantitative estimate of drug-likeness (QED) is 0.807. The van der Waals surface area contributed by atoms with Gasteiger partial charge < -0.3 is 9.88 Å². The molecule has 5 nitrogen and oxygen atoms in total. The van der Waals surface area contributed by atoms with Crippen molar-refractivity contribution in [3.05, 3.63) is 35.5 Å². The van der Waals surface area contributed by atoms with Gasteiger partial charge in [0.1, 0.15) is 0 Å². The SMILES string of the molecule is CCCN1C[C@H](CN2CC(=O)N(C)C2=S)CC2c3cccc4[nH]cc(c34)C[C@H]21. The molecule has 6 heteroatoms. The van der Waals surface area contributed by atoms with E-state index in [1.165, 1.54) is 34.9 Å². The van der Waals surface area contributed by atoms with Crippen LogP contribution >= 0.6 is 12.2 Å². The molecule has 3 heterocycles. The fraction of sp³-hybridized carbons (Fsp3) is 0.545. The van der Waals surface area contributed by atoms with Crippen LogP contribution in [-0.4, -0.2) is 70.0 Å². The number of aromatic nitrogens is 1. The van der Waals surface area contributed by atoms with Gasteiger partial charge in [0, 0.05) is 49.2 Å². The van der Waals surface area contributed by atoms with Crippen molar-refractivity contribution in [3.8, 4) is 0 Å². The summed E-state index contributed by atoms with van der Waals surface area (Å²) >= 11 is 5.51. The van der Waals surface area contributed by atoms with E-state index in [4.69, 9.17) is 12.2 Å². The lowest BCUT2D eigenvalue weighted by Gasteiger charge is -2.47. The van der Waals surface area contributed by atoms with Crippen molar-refractivity contribution in [3.63, 3.8) is 0 Å². The van der Waals surface area contributed by atoms with Gasteiger partial charge in [-0.25, -0.2) is 0 Å². The number of amides is 1. The molecule has 3 aliphatic rings. The number of rotatable bonds is 4. The number of aromatic amines is 1. The molecule has 2 fully saturated rings. The first-order chi connectivity index (χ1) is 13.6. The largest absolute Gasteiger partial charge is 0.361 e. The van der Waals surface area contributed by atoms with E-state index in [0.717, 1.165) is 26.1 Å². The first kappa shape index (κ1) is 18.1. The number of nitrogens with zero attached hydrogens (tertiary/aromatic N) is 3. The Labute approximate surface area is 171 Å². The second kappa shape index (κ2) is 6.85. The summed E-state index contributed by atoms with van der Waals surface area (Å²) in [6.07, 6.45) is 5.69. The normalized spacial score (nSPS) is 27.7. The van der Waals surface area contributed by atoms with Gasteiger partial charge in [-0.2, -0.15) is 0 Å². The lowest BCUT2D eigenvalue weighted by molar-refractivity contribution is -0.124. The van der Waals surface area contributed by atoms with Crippen LogP contribution in [0, 0.1) is 5.92 Å². The molecular formula is C22H28N4OS. The summed E-state index contributed by atoms with van der Waals surface area (Å²) in [7, 11) is 1.79. The van der Waals surface area contributed by atoms with Crippen molar-refractivity contribution in [2.45, 2.75) is 38.1 Å². The maximum atomic E-state index is 12.0. The lowest BCUT2D eigenvalue weighted by Crippen LogP contribution is -2.52. The molecule has 28 heavy (non-hydrogen) atoms. The minimum atomic E-state index is 0.114. The average molecular weight is 397 g/mol. The van der Waals surface area contributed by atoms with Gasteiger partial charge in [0.25, 0.3) is 0 Å². The molecule has 2 aromatic rings. The van der Waals surface area contributed by atoms with Gasteiger partial charge in [-0.05, 0) is 61.1 Å². The minimum absolute atomic E-state index is 0.114. The molecule has 3 atom stereocenters. The monoisotopic (exact) mass is 396 g/mol. The van der Waals surface area contributed by atoms with E-state index in [2.05, 4.69) is 46.1 Å². The van der Waals surface area contributed by atoms with Crippen LogP contribution in [0.15, 0.2) is 24.4 Å². The molecule has 1 aromatic heterocycles. The number of hydrogen-bond acceptors (Lipinski definition) is 3. The summed E-state index contributed by atoms with van der Waals surface area (Å²) in [6.45, 7) is 5.82. The van der Waals surface area contributed by atoms with Crippen LogP contribution in [0.4, 0.5) is 0 Å². The van der Waals surface area contributed by atoms with E-state index >= 15 is 0 Å². The third kappa shape index (κ3) is 2.77.